The third-order valence-corrected chi connectivity index (χ3v) is 3.49. The molecule has 20 heavy (non-hydrogen) atoms. The van der Waals surface area contributed by atoms with E-state index in [1.54, 1.807) is 38.1 Å². The molecule has 2 rings (SSSR count). The van der Waals surface area contributed by atoms with Crippen molar-refractivity contribution in [3.63, 3.8) is 0 Å². The first-order valence-corrected chi connectivity index (χ1v) is 6.39. The summed E-state index contributed by atoms with van der Waals surface area (Å²) in [5.74, 6) is -0.708. The maximum atomic E-state index is 11.9. The van der Waals surface area contributed by atoms with Crippen molar-refractivity contribution in [3.8, 4) is 0 Å². The summed E-state index contributed by atoms with van der Waals surface area (Å²) in [5.41, 5.74) is 5.03. The predicted octanol–water partition coefficient (Wildman–Crippen LogP) is 0.233. The average molecular weight is 278 g/mol. The van der Waals surface area contributed by atoms with Gasteiger partial charge in [-0.3, -0.25) is 15.0 Å². The number of cyclic esters (lactones) is 1. The molecule has 1 saturated heterocycles. The van der Waals surface area contributed by atoms with Crippen molar-refractivity contribution >= 4 is 11.9 Å². The molecule has 1 amide bonds. The molecule has 1 aliphatic rings. The Labute approximate surface area is 117 Å². The summed E-state index contributed by atoms with van der Waals surface area (Å²) in [7, 11) is 0. The van der Waals surface area contributed by atoms with Gasteiger partial charge in [0.15, 0.2) is 0 Å². The number of rotatable bonds is 4. The van der Waals surface area contributed by atoms with Gasteiger partial charge < -0.3 is 9.84 Å². The van der Waals surface area contributed by atoms with Crippen LogP contribution in [0.25, 0.3) is 0 Å². The van der Waals surface area contributed by atoms with Crippen molar-refractivity contribution in [2.45, 2.75) is 26.0 Å². The Bertz CT molecular complexity index is 501. The van der Waals surface area contributed by atoms with Gasteiger partial charge in [0, 0.05) is 5.56 Å². The van der Waals surface area contributed by atoms with E-state index in [2.05, 4.69) is 10.9 Å². The van der Waals surface area contributed by atoms with E-state index in [1.807, 2.05) is 6.07 Å². The molecule has 0 aromatic heterocycles. The van der Waals surface area contributed by atoms with Crippen LogP contribution in [0.4, 0.5) is 0 Å². The van der Waals surface area contributed by atoms with Crippen LogP contribution in [-0.4, -0.2) is 35.7 Å². The van der Waals surface area contributed by atoms with Gasteiger partial charge in [0.05, 0.1) is 18.1 Å². The van der Waals surface area contributed by atoms with Crippen LogP contribution in [0.2, 0.25) is 0 Å². The summed E-state index contributed by atoms with van der Waals surface area (Å²) in [6.45, 7) is 3.11. The molecule has 6 nitrogen and oxygen atoms in total. The molecule has 0 radical (unpaired) electrons. The van der Waals surface area contributed by atoms with E-state index in [4.69, 9.17) is 4.74 Å². The van der Waals surface area contributed by atoms with Gasteiger partial charge in [-0.05, 0) is 26.0 Å². The second-order valence-electron chi connectivity index (χ2n) is 5.29. The number of nitrogens with one attached hydrogen (secondary N) is 2. The third kappa shape index (κ3) is 2.66. The van der Waals surface area contributed by atoms with Crippen LogP contribution in [0, 0.1) is 5.41 Å². The first-order valence-electron chi connectivity index (χ1n) is 6.39. The van der Waals surface area contributed by atoms with Gasteiger partial charge in [-0.25, -0.2) is 5.43 Å². The first kappa shape index (κ1) is 14.5. The molecule has 1 aromatic rings. The maximum Gasteiger partial charge on any atom is 0.313 e. The van der Waals surface area contributed by atoms with Crippen molar-refractivity contribution in [1.29, 1.82) is 0 Å². The highest BCUT2D eigenvalue weighted by atomic mass is 16.6. The van der Waals surface area contributed by atoms with Crippen LogP contribution in [-0.2, 0) is 9.53 Å². The van der Waals surface area contributed by atoms with Gasteiger partial charge in [-0.2, -0.15) is 0 Å². The molecule has 0 spiro atoms. The number of esters is 1. The zero-order chi connectivity index (χ0) is 14.8. The number of hydrazine groups is 1. The number of benzene rings is 1. The van der Waals surface area contributed by atoms with Gasteiger partial charge in [-0.1, -0.05) is 18.2 Å². The maximum absolute atomic E-state index is 11.9. The van der Waals surface area contributed by atoms with Gasteiger partial charge in [-0.15, -0.1) is 0 Å². The van der Waals surface area contributed by atoms with Crippen LogP contribution in [0.3, 0.4) is 0 Å². The Balaban J connectivity index is 2.02. The summed E-state index contributed by atoms with van der Waals surface area (Å²) in [6, 6.07) is 8.21. The Morgan fingerprint density at radius 3 is 2.60 bits per heavy atom. The van der Waals surface area contributed by atoms with Crippen LogP contribution < -0.4 is 10.9 Å². The van der Waals surface area contributed by atoms with Gasteiger partial charge >= 0.3 is 5.97 Å². The molecule has 2 atom stereocenters. The topological polar surface area (TPSA) is 87.7 Å². The normalized spacial score (nSPS) is 24.2. The minimum Gasteiger partial charge on any atom is -0.458 e. The molecule has 1 aromatic carbocycles. The van der Waals surface area contributed by atoms with Crippen molar-refractivity contribution in [2.24, 2.45) is 5.41 Å². The Morgan fingerprint density at radius 2 is 2.00 bits per heavy atom. The molecule has 0 bridgehead atoms. The first-order chi connectivity index (χ1) is 9.46. The number of amides is 1. The molecule has 0 unspecified atom stereocenters. The number of hydrogen-bond donors (Lipinski definition) is 3. The number of aliphatic hydroxyl groups is 1. The zero-order valence-electron chi connectivity index (χ0n) is 11.4. The Kier molecular flexibility index (Phi) is 4.06. The van der Waals surface area contributed by atoms with Gasteiger partial charge in [0.25, 0.3) is 5.91 Å². The number of carbonyl (C=O) groups is 2. The van der Waals surface area contributed by atoms with Crippen LogP contribution >= 0.6 is 0 Å². The quantitative estimate of drug-likeness (QED) is 0.542. The highest BCUT2D eigenvalue weighted by Gasteiger charge is 2.51. The van der Waals surface area contributed by atoms with Gasteiger partial charge in [0.1, 0.15) is 6.10 Å². The third-order valence-electron chi connectivity index (χ3n) is 3.49. The largest absolute Gasteiger partial charge is 0.458 e. The smallest absolute Gasteiger partial charge is 0.313 e. The number of carbonyl (C=O) groups excluding carboxylic acids is 2. The summed E-state index contributed by atoms with van der Waals surface area (Å²) >= 11 is 0. The van der Waals surface area contributed by atoms with E-state index in [9.17, 15) is 14.7 Å². The molecular formula is C14H18N2O4. The SMILES string of the molecule is CC1(C)C(=O)O[C@H](CO)[C@@H]1NNC(=O)c1ccccc1. The average Bonchev–Trinajstić information content (AvgIpc) is 2.67. The van der Waals surface area contributed by atoms with Crippen LogP contribution in [0.1, 0.15) is 24.2 Å². The molecule has 108 valence electrons. The molecule has 0 aliphatic carbocycles. The van der Waals surface area contributed by atoms with Crippen LogP contribution in [0.15, 0.2) is 30.3 Å². The molecule has 1 fully saturated rings. The lowest BCUT2D eigenvalue weighted by atomic mass is 9.85. The second-order valence-corrected chi connectivity index (χ2v) is 5.29. The predicted molar refractivity (Wildman–Crippen MR) is 71.6 cm³/mol. The molecule has 6 heteroatoms. The van der Waals surface area contributed by atoms with E-state index in [1.165, 1.54) is 0 Å². The molecule has 0 saturated carbocycles. The Hall–Kier alpha value is -1.92. The highest BCUT2D eigenvalue weighted by Crippen LogP contribution is 2.33. The summed E-state index contributed by atoms with van der Waals surface area (Å²) in [4.78, 5) is 23.6. The fourth-order valence-electron chi connectivity index (χ4n) is 2.17. The lowest BCUT2D eigenvalue weighted by Crippen LogP contribution is -2.54. The fraction of sp³-hybridized carbons (Fsp3) is 0.429. The molecule has 3 N–H and O–H groups in total. The van der Waals surface area contributed by atoms with E-state index < -0.39 is 23.5 Å². The number of aliphatic hydroxyl groups excluding tert-OH is 1. The van der Waals surface area contributed by atoms with Crippen molar-refractivity contribution in [3.05, 3.63) is 35.9 Å². The lowest BCUT2D eigenvalue weighted by Gasteiger charge is -2.25. The summed E-state index contributed by atoms with van der Waals surface area (Å²) in [5, 5.41) is 9.24. The summed E-state index contributed by atoms with van der Waals surface area (Å²) in [6.07, 6.45) is -0.673. The van der Waals surface area contributed by atoms with E-state index >= 15 is 0 Å². The number of ether oxygens (including phenoxy) is 1. The second kappa shape index (κ2) is 5.60. The van der Waals surface area contributed by atoms with Crippen molar-refractivity contribution in [2.75, 3.05) is 6.61 Å². The fourth-order valence-corrected chi connectivity index (χ4v) is 2.17. The molecule has 1 aliphatic heterocycles. The Morgan fingerprint density at radius 1 is 1.35 bits per heavy atom. The van der Waals surface area contributed by atoms with Crippen molar-refractivity contribution < 1.29 is 19.4 Å². The highest BCUT2D eigenvalue weighted by molar-refractivity contribution is 5.93. The zero-order valence-corrected chi connectivity index (χ0v) is 11.4. The van der Waals surface area contributed by atoms with Gasteiger partial charge in [0.2, 0.25) is 0 Å². The molecular weight excluding hydrogens is 260 g/mol. The minimum atomic E-state index is -0.822. The standard InChI is InChI=1S/C14H18N2O4/c1-14(2)11(10(8-17)20-13(14)19)15-16-12(18)9-6-4-3-5-7-9/h3-7,10-11,15,17H,8H2,1-2H3,(H,16,18)/t10-,11+/m1/s1. The molecule has 1 heterocycles. The number of hydrogen-bond acceptors (Lipinski definition) is 5. The lowest BCUT2D eigenvalue weighted by molar-refractivity contribution is -0.148. The minimum absolute atomic E-state index is 0.298. The van der Waals surface area contributed by atoms with Crippen molar-refractivity contribution in [1.82, 2.24) is 10.9 Å². The van der Waals surface area contributed by atoms with E-state index in [0.29, 0.717) is 5.56 Å². The van der Waals surface area contributed by atoms with E-state index in [0.717, 1.165) is 0 Å². The summed E-state index contributed by atoms with van der Waals surface area (Å²) < 4.78 is 5.07. The van der Waals surface area contributed by atoms with E-state index in [-0.39, 0.29) is 12.5 Å². The monoisotopic (exact) mass is 278 g/mol. The van der Waals surface area contributed by atoms with Crippen LogP contribution in [0.5, 0.6) is 0 Å².